The molecule has 1 aliphatic rings. The van der Waals surface area contributed by atoms with E-state index in [2.05, 4.69) is 11.8 Å². The first-order valence-electron chi connectivity index (χ1n) is 6.96. The molecule has 0 saturated carbocycles. The average Bonchev–Trinajstić information content (AvgIpc) is 2.43. The monoisotopic (exact) mass is 298 g/mol. The van der Waals surface area contributed by atoms with Gasteiger partial charge in [-0.1, -0.05) is 0 Å². The first-order chi connectivity index (χ1) is 9.47. The van der Waals surface area contributed by atoms with Gasteiger partial charge in [-0.15, -0.1) is 0 Å². The second-order valence-electron chi connectivity index (χ2n) is 5.06. The van der Waals surface area contributed by atoms with E-state index in [9.17, 15) is 8.42 Å². The highest BCUT2D eigenvalue weighted by molar-refractivity contribution is 7.91. The van der Waals surface area contributed by atoms with Crippen LogP contribution in [0.15, 0.2) is 23.1 Å². The van der Waals surface area contributed by atoms with Crippen LogP contribution in [0.1, 0.15) is 20.3 Å². The summed E-state index contributed by atoms with van der Waals surface area (Å²) in [5.41, 5.74) is 6.25. The van der Waals surface area contributed by atoms with Crippen LogP contribution in [-0.4, -0.2) is 39.9 Å². The Labute approximate surface area is 120 Å². The lowest BCUT2D eigenvalue weighted by Gasteiger charge is -2.34. The minimum Gasteiger partial charge on any atom is -0.487 e. The zero-order chi connectivity index (χ0) is 14.8. The maximum absolute atomic E-state index is 12.2. The third kappa shape index (κ3) is 3.07. The largest absolute Gasteiger partial charge is 0.487 e. The van der Waals surface area contributed by atoms with E-state index in [1.54, 1.807) is 18.2 Å². The van der Waals surface area contributed by atoms with Gasteiger partial charge >= 0.3 is 0 Å². The van der Waals surface area contributed by atoms with Gasteiger partial charge in [-0.05, 0) is 45.0 Å². The Morgan fingerprint density at radius 1 is 1.45 bits per heavy atom. The maximum Gasteiger partial charge on any atom is 0.178 e. The predicted octanol–water partition coefficient (Wildman–Crippen LogP) is 1.42. The highest BCUT2D eigenvalue weighted by Gasteiger charge is 2.24. The number of rotatable bonds is 5. The summed E-state index contributed by atoms with van der Waals surface area (Å²) in [6.07, 6.45) is 0.590. The van der Waals surface area contributed by atoms with Gasteiger partial charge in [-0.25, -0.2) is 8.42 Å². The van der Waals surface area contributed by atoms with Gasteiger partial charge in [0.25, 0.3) is 0 Å². The lowest BCUT2D eigenvalue weighted by atomic mass is 10.2. The molecule has 0 amide bonds. The molecule has 0 spiro atoms. The molecule has 2 rings (SSSR count). The van der Waals surface area contributed by atoms with Crippen molar-refractivity contribution in [3.8, 4) is 5.75 Å². The molecule has 0 fully saturated rings. The number of nitrogens with two attached hydrogens (primary N) is 1. The van der Waals surface area contributed by atoms with E-state index in [-0.39, 0.29) is 11.9 Å². The van der Waals surface area contributed by atoms with Gasteiger partial charge in [-0.3, -0.25) is 0 Å². The molecule has 1 heterocycles. The van der Waals surface area contributed by atoms with Gasteiger partial charge in [-0.2, -0.15) is 0 Å². The molecule has 1 aromatic carbocycles. The van der Waals surface area contributed by atoms with Crippen LogP contribution < -0.4 is 15.4 Å². The number of hydrogen-bond acceptors (Lipinski definition) is 5. The van der Waals surface area contributed by atoms with Gasteiger partial charge < -0.3 is 15.4 Å². The zero-order valence-electron chi connectivity index (χ0n) is 12.0. The van der Waals surface area contributed by atoms with Crippen LogP contribution in [-0.2, 0) is 9.84 Å². The molecule has 20 heavy (non-hydrogen) atoms. The van der Waals surface area contributed by atoms with Crippen molar-refractivity contribution in [3.05, 3.63) is 18.2 Å². The Hall–Kier alpha value is -1.27. The summed E-state index contributed by atoms with van der Waals surface area (Å²) in [7, 11) is -3.26. The second-order valence-corrected chi connectivity index (χ2v) is 7.17. The average molecular weight is 298 g/mol. The minimum atomic E-state index is -3.26. The molecular formula is C14H22N2O3S. The lowest BCUT2D eigenvalue weighted by molar-refractivity contribution is 0.213. The molecule has 1 aromatic rings. The third-order valence-corrected chi connectivity index (χ3v) is 5.23. The predicted molar refractivity (Wildman–Crippen MR) is 80.1 cm³/mol. The first-order valence-corrected chi connectivity index (χ1v) is 8.61. The van der Waals surface area contributed by atoms with Crippen molar-refractivity contribution in [2.24, 2.45) is 5.73 Å². The van der Waals surface area contributed by atoms with E-state index in [0.29, 0.717) is 17.9 Å². The number of nitrogens with zero attached hydrogens (tertiary/aromatic N) is 1. The van der Waals surface area contributed by atoms with Gasteiger partial charge in [0.1, 0.15) is 11.9 Å². The molecule has 0 aromatic heterocycles. The Morgan fingerprint density at radius 3 is 2.85 bits per heavy atom. The van der Waals surface area contributed by atoms with Crippen LogP contribution in [0, 0.1) is 0 Å². The van der Waals surface area contributed by atoms with Crippen molar-refractivity contribution in [1.82, 2.24) is 0 Å². The molecule has 5 nitrogen and oxygen atoms in total. The normalized spacial score (nSPS) is 18.6. The first kappa shape index (κ1) is 15.1. The third-order valence-electron chi connectivity index (χ3n) is 3.43. The van der Waals surface area contributed by atoms with Gasteiger partial charge in [0.2, 0.25) is 0 Å². The number of anilines is 1. The zero-order valence-corrected chi connectivity index (χ0v) is 12.8. The van der Waals surface area contributed by atoms with Crippen LogP contribution in [0.5, 0.6) is 5.75 Å². The van der Waals surface area contributed by atoms with Crippen LogP contribution in [0.4, 0.5) is 5.69 Å². The van der Waals surface area contributed by atoms with E-state index in [1.807, 2.05) is 6.92 Å². The van der Waals surface area contributed by atoms with Crippen LogP contribution in [0.3, 0.4) is 0 Å². The van der Waals surface area contributed by atoms with E-state index >= 15 is 0 Å². The number of sulfone groups is 1. The second kappa shape index (κ2) is 6.01. The summed E-state index contributed by atoms with van der Waals surface area (Å²) in [4.78, 5) is 2.49. The molecule has 0 radical (unpaired) electrons. The van der Waals surface area contributed by atoms with Crippen molar-refractivity contribution in [3.63, 3.8) is 0 Å². The molecule has 6 heteroatoms. The highest BCUT2D eigenvalue weighted by atomic mass is 32.2. The van der Waals surface area contributed by atoms with Gasteiger partial charge in [0, 0.05) is 6.54 Å². The quantitative estimate of drug-likeness (QED) is 0.890. The fourth-order valence-corrected chi connectivity index (χ4v) is 3.74. The summed E-state index contributed by atoms with van der Waals surface area (Å²) < 4.78 is 30.2. The van der Waals surface area contributed by atoms with E-state index < -0.39 is 9.84 Å². The summed E-state index contributed by atoms with van der Waals surface area (Å²) in [6.45, 7) is 6.05. The SMILES string of the molecule is CCN1CC(C)Oc2ccc(S(=O)(=O)CCCN)cc21. The number of fused-ring (bicyclic) bond motifs is 1. The fourth-order valence-electron chi connectivity index (χ4n) is 2.39. The molecule has 1 aliphatic heterocycles. The Balaban J connectivity index is 2.36. The molecule has 1 unspecified atom stereocenters. The van der Waals surface area contributed by atoms with Gasteiger partial charge in [0.15, 0.2) is 9.84 Å². The standard InChI is InChI=1S/C14H22N2O3S/c1-3-16-10-11(2)19-14-6-5-12(9-13(14)16)20(17,18)8-4-7-15/h5-6,9,11H,3-4,7-8,10,15H2,1-2H3. The Kier molecular flexibility index (Phi) is 4.55. The van der Waals surface area contributed by atoms with Crippen LogP contribution in [0.25, 0.3) is 0 Å². The smallest absolute Gasteiger partial charge is 0.178 e. The summed E-state index contributed by atoms with van der Waals surface area (Å²) in [5, 5.41) is 0. The van der Waals surface area contributed by atoms with E-state index in [4.69, 9.17) is 10.5 Å². The molecule has 1 atom stereocenters. The molecule has 2 N–H and O–H groups in total. The number of hydrogen-bond donors (Lipinski definition) is 1. The van der Waals surface area contributed by atoms with E-state index in [1.165, 1.54) is 0 Å². The van der Waals surface area contributed by atoms with Crippen LogP contribution in [0.2, 0.25) is 0 Å². The number of likely N-dealkylation sites (N-methyl/N-ethyl adjacent to an activating group) is 1. The maximum atomic E-state index is 12.2. The lowest BCUT2D eigenvalue weighted by Crippen LogP contribution is -2.38. The summed E-state index contributed by atoms with van der Waals surface area (Å²) in [6, 6.07) is 5.09. The Morgan fingerprint density at radius 2 is 2.20 bits per heavy atom. The minimum absolute atomic E-state index is 0.0890. The number of ether oxygens (including phenoxy) is 1. The molecule has 0 aliphatic carbocycles. The molecule has 0 saturated heterocycles. The summed E-state index contributed by atoms with van der Waals surface area (Å²) >= 11 is 0. The van der Waals surface area contributed by atoms with E-state index in [0.717, 1.165) is 24.5 Å². The molecule has 112 valence electrons. The van der Waals surface area contributed by atoms with Crippen molar-refractivity contribution < 1.29 is 13.2 Å². The van der Waals surface area contributed by atoms with Crippen molar-refractivity contribution in [2.45, 2.75) is 31.3 Å². The fraction of sp³-hybridized carbons (Fsp3) is 0.571. The Bertz CT molecular complexity index is 572. The topological polar surface area (TPSA) is 72.6 Å². The van der Waals surface area contributed by atoms with Gasteiger partial charge in [0.05, 0.1) is 22.9 Å². The van der Waals surface area contributed by atoms with Crippen molar-refractivity contribution >= 4 is 15.5 Å². The number of benzene rings is 1. The summed E-state index contributed by atoms with van der Waals surface area (Å²) in [5.74, 6) is 0.842. The molecule has 0 bridgehead atoms. The van der Waals surface area contributed by atoms with Crippen molar-refractivity contribution in [2.75, 3.05) is 30.3 Å². The highest BCUT2D eigenvalue weighted by Crippen LogP contribution is 2.35. The van der Waals surface area contributed by atoms with Crippen LogP contribution >= 0.6 is 0 Å². The van der Waals surface area contributed by atoms with Crippen molar-refractivity contribution in [1.29, 1.82) is 0 Å². The molecular weight excluding hydrogens is 276 g/mol.